The van der Waals surface area contributed by atoms with Gasteiger partial charge >= 0.3 is 0 Å². The first kappa shape index (κ1) is 16.4. The SMILES string of the molecule is CCCN(C)C(=O)c1nc(N)nc2ccc(C3(C=O)CCC3)cc12. The number of carbonyl (C=O) groups excluding carboxylic acids is 2. The van der Waals surface area contributed by atoms with Gasteiger partial charge in [-0.2, -0.15) is 0 Å². The fraction of sp³-hybridized carbons (Fsp3) is 0.444. The molecule has 0 aliphatic heterocycles. The standard InChI is InChI=1S/C18H22N4O2/c1-3-9-22(2)16(24)15-13-10-12(18(11-23)7-4-8-18)5-6-14(13)20-17(19)21-15/h5-6,10-11H,3-4,7-9H2,1-2H3,(H2,19,20,21). The van der Waals surface area contributed by atoms with Crippen molar-refractivity contribution in [1.82, 2.24) is 14.9 Å². The van der Waals surface area contributed by atoms with Crippen LogP contribution in [0.5, 0.6) is 0 Å². The summed E-state index contributed by atoms with van der Waals surface area (Å²) in [7, 11) is 1.75. The van der Waals surface area contributed by atoms with Crippen LogP contribution in [0, 0.1) is 0 Å². The summed E-state index contributed by atoms with van der Waals surface area (Å²) in [5.41, 5.74) is 7.20. The average Bonchev–Trinajstić information content (AvgIpc) is 2.53. The summed E-state index contributed by atoms with van der Waals surface area (Å²) in [4.78, 5) is 34.4. The summed E-state index contributed by atoms with van der Waals surface area (Å²) in [5, 5.41) is 0.655. The zero-order chi connectivity index (χ0) is 17.3. The molecule has 24 heavy (non-hydrogen) atoms. The number of benzene rings is 1. The van der Waals surface area contributed by atoms with Gasteiger partial charge in [-0.25, -0.2) is 9.97 Å². The van der Waals surface area contributed by atoms with Crippen LogP contribution >= 0.6 is 0 Å². The maximum Gasteiger partial charge on any atom is 0.273 e. The molecule has 1 aromatic carbocycles. The molecule has 2 N–H and O–H groups in total. The van der Waals surface area contributed by atoms with Gasteiger partial charge in [-0.3, -0.25) is 4.79 Å². The van der Waals surface area contributed by atoms with Crippen molar-refractivity contribution in [3.8, 4) is 0 Å². The van der Waals surface area contributed by atoms with Gasteiger partial charge in [-0.1, -0.05) is 19.4 Å². The third-order valence-electron chi connectivity index (χ3n) is 4.87. The van der Waals surface area contributed by atoms with Crippen molar-refractivity contribution in [3.63, 3.8) is 0 Å². The number of nitrogens with two attached hydrogens (primary N) is 1. The second-order valence-electron chi connectivity index (χ2n) is 6.52. The molecule has 0 unspecified atom stereocenters. The van der Waals surface area contributed by atoms with Crippen molar-refractivity contribution in [2.75, 3.05) is 19.3 Å². The Morgan fingerprint density at radius 3 is 2.71 bits per heavy atom. The lowest BCUT2D eigenvalue weighted by Gasteiger charge is -2.37. The molecular weight excluding hydrogens is 304 g/mol. The number of rotatable bonds is 5. The summed E-state index contributed by atoms with van der Waals surface area (Å²) in [5.74, 6) is -0.0981. The molecule has 0 bridgehead atoms. The number of carbonyl (C=O) groups is 2. The summed E-state index contributed by atoms with van der Waals surface area (Å²) >= 11 is 0. The van der Waals surface area contributed by atoms with Gasteiger partial charge in [-0.15, -0.1) is 0 Å². The molecule has 3 rings (SSSR count). The highest BCUT2D eigenvalue weighted by Gasteiger charge is 2.38. The molecule has 2 aromatic rings. The molecule has 0 saturated heterocycles. The number of hydrogen-bond donors (Lipinski definition) is 1. The maximum atomic E-state index is 12.7. The summed E-state index contributed by atoms with van der Waals surface area (Å²) < 4.78 is 0. The Hall–Kier alpha value is -2.50. The van der Waals surface area contributed by atoms with Crippen LogP contribution in [0.15, 0.2) is 18.2 Å². The number of nitrogen functional groups attached to an aromatic ring is 1. The Labute approximate surface area is 141 Å². The van der Waals surface area contributed by atoms with Crippen LogP contribution in [-0.2, 0) is 10.2 Å². The minimum Gasteiger partial charge on any atom is -0.368 e. The molecular formula is C18H22N4O2. The van der Waals surface area contributed by atoms with E-state index in [0.717, 1.165) is 37.5 Å². The van der Waals surface area contributed by atoms with Crippen LogP contribution < -0.4 is 5.73 Å². The maximum absolute atomic E-state index is 12.7. The van der Waals surface area contributed by atoms with Crippen molar-refractivity contribution in [1.29, 1.82) is 0 Å². The van der Waals surface area contributed by atoms with Crippen LogP contribution in [0.4, 0.5) is 5.95 Å². The monoisotopic (exact) mass is 326 g/mol. The lowest BCUT2D eigenvalue weighted by molar-refractivity contribution is -0.115. The molecule has 1 amide bonds. The van der Waals surface area contributed by atoms with E-state index in [1.165, 1.54) is 0 Å². The molecule has 1 aliphatic rings. The predicted octanol–water partition coefficient (Wildman–Crippen LogP) is 2.31. The smallest absolute Gasteiger partial charge is 0.273 e. The van der Waals surface area contributed by atoms with Gasteiger partial charge in [0.2, 0.25) is 5.95 Å². The molecule has 0 radical (unpaired) electrons. The topological polar surface area (TPSA) is 89.2 Å². The van der Waals surface area contributed by atoms with Crippen molar-refractivity contribution in [2.24, 2.45) is 0 Å². The van der Waals surface area contributed by atoms with E-state index < -0.39 is 5.41 Å². The van der Waals surface area contributed by atoms with Crippen LogP contribution in [0.3, 0.4) is 0 Å². The normalized spacial score (nSPS) is 15.8. The lowest BCUT2D eigenvalue weighted by atomic mass is 9.65. The average molecular weight is 326 g/mol. The van der Waals surface area contributed by atoms with E-state index in [9.17, 15) is 9.59 Å². The largest absolute Gasteiger partial charge is 0.368 e. The van der Waals surface area contributed by atoms with E-state index >= 15 is 0 Å². The Morgan fingerprint density at radius 2 is 2.12 bits per heavy atom. The van der Waals surface area contributed by atoms with E-state index in [2.05, 4.69) is 9.97 Å². The molecule has 0 spiro atoms. The molecule has 1 heterocycles. The minimum absolute atomic E-state index is 0.0808. The summed E-state index contributed by atoms with van der Waals surface area (Å²) in [6.07, 6.45) is 4.62. The predicted molar refractivity (Wildman–Crippen MR) is 92.8 cm³/mol. The highest BCUT2D eigenvalue weighted by atomic mass is 16.2. The number of anilines is 1. The molecule has 6 nitrogen and oxygen atoms in total. The van der Waals surface area contributed by atoms with Crippen LogP contribution in [0.2, 0.25) is 0 Å². The van der Waals surface area contributed by atoms with Gasteiger partial charge in [0.1, 0.15) is 12.0 Å². The molecule has 126 valence electrons. The zero-order valence-corrected chi connectivity index (χ0v) is 14.1. The number of nitrogens with zero attached hydrogens (tertiary/aromatic N) is 3. The van der Waals surface area contributed by atoms with E-state index in [1.54, 1.807) is 11.9 Å². The quantitative estimate of drug-likeness (QED) is 0.852. The van der Waals surface area contributed by atoms with Gasteiger partial charge in [0, 0.05) is 19.0 Å². The Kier molecular flexibility index (Phi) is 4.22. The molecule has 6 heteroatoms. The van der Waals surface area contributed by atoms with Crippen LogP contribution in [-0.4, -0.2) is 40.7 Å². The number of aromatic nitrogens is 2. The van der Waals surface area contributed by atoms with E-state index in [0.29, 0.717) is 23.1 Å². The van der Waals surface area contributed by atoms with Gasteiger partial charge in [0.25, 0.3) is 5.91 Å². The Balaban J connectivity index is 2.13. The summed E-state index contributed by atoms with van der Waals surface area (Å²) in [6.45, 7) is 2.65. The zero-order valence-electron chi connectivity index (χ0n) is 14.1. The number of hydrogen-bond acceptors (Lipinski definition) is 5. The fourth-order valence-corrected chi connectivity index (χ4v) is 3.27. The first-order chi connectivity index (χ1) is 11.5. The van der Waals surface area contributed by atoms with Crippen LogP contribution in [0.1, 0.15) is 48.7 Å². The highest BCUT2D eigenvalue weighted by molar-refractivity contribution is 6.05. The van der Waals surface area contributed by atoms with Crippen molar-refractivity contribution >= 4 is 29.0 Å². The highest BCUT2D eigenvalue weighted by Crippen LogP contribution is 2.42. The second kappa shape index (κ2) is 6.19. The third-order valence-corrected chi connectivity index (χ3v) is 4.87. The Morgan fingerprint density at radius 1 is 1.38 bits per heavy atom. The molecule has 1 saturated carbocycles. The van der Waals surface area contributed by atoms with Gasteiger partial charge in [0.15, 0.2) is 0 Å². The first-order valence-corrected chi connectivity index (χ1v) is 8.30. The molecule has 1 fully saturated rings. The van der Waals surface area contributed by atoms with Crippen LogP contribution in [0.25, 0.3) is 10.9 Å². The lowest BCUT2D eigenvalue weighted by Crippen LogP contribution is -2.35. The summed E-state index contributed by atoms with van der Waals surface area (Å²) in [6, 6.07) is 5.62. The molecule has 1 aromatic heterocycles. The van der Waals surface area contributed by atoms with Gasteiger partial charge < -0.3 is 15.4 Å². The molecule has 0 atom stereocenters. The van der Waals surface area contributed by atoms with Crippen molar-refractivity contribution in [3.05, 3.63) is 29.5 Å². The number of fused-ring (bicyclic) bond motifs is 1. The first-order valence-electron chi connectivity index (χ1n) is 8.30. The fourth-order valence-electron chi connectivity index (χ4n) is 3.27. The second-order valence-corrected chi connectivity index (χ2v) is 6.52. The van der Waals surface area contributed by atoms with Gasteiger partial charge in [0.05, 0.1) is 10.9 Å². The molecule has 1 aliphatic carbocycles. The van der Waals surface area contributed by atoms with E-state index in [4.69, 9.17) is 5.73 Å². The van der Waals surface area contributed by atoms with Crippen molar-refractivity contribution in [2.45, 2.75) is 38.0 Å². The number of aldehydes is 1. The third kappa shape index (κ3) is 2.62. The number of amides is 1. The minimum atomic E-state index is -0.425. The van der Waals surface area contributed by atoms with E-state index in [-0.39, 0.29) is 11.9 Å². The Bertz CT molecular complexity index is 799. The van der Waals surface area contributed by atoms with Gasteiger partial charge in [-0.05, 0) is 37.0 Å². The van der Waals surface area contributed by atoms with E-state index in [1.807, 2.05) is 25.1 Å². The van der Waals surface area contributed by atoms with Crippen molar-refractivity contribution < 1.29 is 9.59 Å².